The third-order valence-electron chi connectivity index (χ3n) is 7.14. The number of carbonyl (C=O) groups excluding carboxylic acids is 5. The molecule has 0 aromatic heterocycles. The minimum Gasteiger partial charge on any atom is -0.377 e. The zero-order valence-electron chi connectivity index (χ0n) is 24.0. The van der Waals surface area contributed by atoms with E-state index in [0.717, 1.165) is 37.4 Å². The normalized spacial score (nSPS) is 24.5. The van der Waals surface area contributed by atoms with Gasteiger partial charge in [0.2, 0.25) is 28.7 Å². The number of carbonyl (C=O) groups is 5. The molecule has 13 heteroatoms. The number of nitrogens with one attached hydrogen (secondary N) is 4. The maximum atomic E-state index is 13.8. The number of halogens is 1. The topological polar surface area (TPSA) is 152 Å². The Kier molecular flexibility index (Phi) is 14.2. The lowest BCUT2D eigenvalue weighted by atomic mass is 9.97. The molecule has 1 aliphatic heterocycles. The Labute approximate surface area is 249 Å². The monoisotopic (exact) mass is 608 g/mol. The molecule has 4 amide bonds. The van der Waals surface area contributed by atoms with Gasteiger partial charge in [0, 0.05) is 19.2 Å². The van der Waals surface area contributed by atoms with E-state index in [9.17, 15) is 28.4 Å². The summed E-state index contributed by atoms with van der Waals surface area (Å²) >= 11 is 0.818. The van der Waals surface area contributed by atoms with E-state index >= 15 is 0 Å². The summed E-state index contributed by atoms with van der Waals surface area (Å²) in [6, 6.07) is 3.16. The Bertz CT molecular complexity index is 1090. The number of thioether (sulfide) groups is 1. The molecule has 3 rings (SSSR count). The SMILES string of the molecule is CC(=O)N[C@H]1CSC(=O)[C@H](CCc2cccc(F)c2)NC(=O)[C@H](CC2CCCC2)NC(=O)COCCOCCNC1=O. The predicted octanol–water partition coefficient (Wildman–Crippen LogP) is 1.24. The molecule has 1 aromatic rings. The van der Waals surface area contributed by atoms with Crippen LogP contribution in [0.25, 0.3) is 0 Å². The van der Waals surface area contributed by atoms with Gasteiger partial charge in [-0.1, -0.05) is 49.6 Å². The second kappa shape index (κ2) is 17.8. The van der Waals surface area contributed by atoms with Crippen LogP contribution in [0.3, 0.4) is 0 Å². The Morgan fingerprint density at radius 2 is 1.79 bits per heavy atom. The summed E-state index contributed by atoms with van der Waals surface area (Å²) in [5.74, 6) is -2.06. The molecular weight excluding hydrogens is 567 g/mol. The molecule has 42 heavy (non-hydrogen) atoms. The highest BCUT2D eigenvalue weighted by atomic mass is 32.2. The van der Waals surface area contributed by atoms with Crippen molar-refractivity contribution >= 4 is 40.5 Å². The summed E-state index contributed by atoms with van der Waals surface area (Å²) in [5, 5.41) is 10.4. The molecule has 0 radical (unpaired) electrons. The van der Waals surface area contributed by atoms with Crippen LogP contribution in [0.2, 0.25) is 0 Å². The largest absolute Gasteiger partial charge is 0.377 e. The number of amides is 4. The van der Waals surface area contributed by atoms with Crippen molar-refractivity contribution in [1.82, 2.24) is 21.3 Å². The van der Waals surface area contributed by atoms with Crippen molar-refractivity contribution in [2.45, 2.75) is 70.0 Å². The highest BCUT2D eigenvalue weighted by molar-refractivity contribution is 8.13. The smallest absolute Gasteiger partial charge is 0.246 e. The van der Waals surface area contributed by atoms with E-state index in [2.05, 4.69) is 21.3 Å². The lowest BCUT2D eigenvalue weighted by Gasteiger charge is -2.25. The zero-order valence-corrected chi connectivity index (χ0v) is 24.8. The quantitative estimate of drug-likeness (QED) is 0.377. The van der Waals surface area contributed by atoms with Crippen LogP contribution < -0.4 is 21.3 Å². The molecule has 3 atom stereocenters. The number of aryl methyl sites for hydroxylation is 1. The van der Waals surface area contributed by atoms with E-state index in [1.807, 2.05) is 0 Å². The van der Waals surface area contributed by atoms with Gasteiger partial charge in [-0.05, 0) is 42.9 Å². The van der Waals surface area contributed by atoms with Gasteiger partial charge in [0.25, 0.3) is 0 Å². The van der Waals surface area contributed by atoms with Crippen LogP contribution in [0.15, 0.2) is 24.3 Å². The van der Waals surface area contributed by atoms with Crippen molar-refractivity contribution in [3.05, 3.63) is 35.6 Å². The number of benzene rings is 1. The molecule has 2 fully saturated rings. The molecule has 232 valence electrons. The molecule has 1 heterocycles. The van der Waals surface area contributed by atoms with E-state index in [1.165, 1.54) is 19.1 Å². The fourth-order valence-corrected chi connectivity index (χ4v) is 5.96. The van der Waals surface area contributed by atoms with Gasteiger partial charge in [0.05, 0.1) is 25.9 Å². The fourth-order valence-electron chi connectivity index (χ4n) is 5.02. The molecule has 0 unspecified atom stereocenters. The van der Waals surface area contributed by atoms with Gasteiger partial charge < -0.3 is 30.7 Å². The molecular formula is C29H41FN4O7S. The van der Waals surface area contributed by atoms with Gasteiger partial charge in [0.15, 0.2) is 0 Å². The van der Waals surface area contributed by atoms with Gasteiger partial charge in [-0.2, -0.15) is 0 Å². The highest BCUT2D eigenvalue weighted by Crippen LogP contribution is 2.29. The summed E-state index contributed by atoms with van der Waals surface area (Å²) in [7, 11) is 0. The Balaban J connectivity index is 1.80. The van der Waals surface area contributed by atoms with Crippen LogP contribution in [-0.2, 0) is 39.9 Å². The highest BCUT2D eigenvalue weighted by Gasteiger charge is 2.31. The van der Waals surface area contributed by atoms with Crippen molar-refractivity contribution in [2.75, 3.05) is 38.7 Å². The van der Waals surface area contributed by atoms with Gasteiger partial charge in [0.1, 0.15) is 24.5 Å². The summed E-state index contributed by atoms with van der Waals surface area (Å²) in [5.41, 5.74) is 0.656. The number of hydrogen-bond acceptors (Lipinski definition) is 8. The van der Waals surface area contributed by atoms with Crippen molar-refractivity contribution in [2.24, 2.45) is 5.92 Å². The second-order valence-electron chi connectivity index (χ2n) is 10.6. The summed E-state index contributed by atoms with van der Waals surface area (Å²) in [4.78, 5) is 64.1. The number of hydrogen-bond donors (Lipinski definition) is 4. The first-order valence-electron chi connectivity index (χ1n) is 14.4. The van der Waals surface area contributed by atoms with E-state index in [0.29, 0.717) is 18.4 Å². The second-order valence-corrected chi connectivity index (χ2v) is 11.6. The molecule has 11 nitrogen and oxygen atoms in total. The Morgan fingerprint density at radius 3 is 2.52 bits per heavy atom. The van der Waals surface area contributed by atoms with Gasteiger partial charge >= 0.3 is 0 Å². The molecule has 0 bridgehead atoms. The van der Waals surface area contributed by atoms with Gasteiger partial charge in [-0.15, -0.1) is 0 Å². The average molecular weight is 609 g/mol. The van der Waals surface area contributed by atoms with Gasteiger partial charge in [-0.25, -0.2) is 4.39 Å². The number of rotatable bonds is 6. The molecule has 1 aliphatic carbocycles. The average Bonchev–Trinajstić information content (AvgIpc) is 3.46. The van der Waals surface area contributed by atoms with Gasteiger partial charge in [-0.3, -0.25) is 24.0 Å². The fraction of sp³-hybridized carbons (Fsp3) is 0.621. The van der Waals surface area contributed by atoms with E-state index in [-0.39, 0.29) is 51.1 Å². The van der Waals surface area contributed by atoms with E-state index in [4.69, 9.17) is 9.47 Å². The first kappa shape index (κ1) is 33.5. The predicted molar refractivity (Wildman–Crippen MR) is 155 cm³/mol. The first-order chi connectivity index (χ1) is 20.2. The van der Waals surface area contributed by atoms with Crippen LogP contribution in [0.5, 0.6) is 0 Å². The lowest BCUT2D eigenvalue weighted by Crippen LogP contribution is -2.53. The lowest BCUT2D eigenvalue weighted by molar-refractivity contribution is -0.133. The van der Waals surface area contributed by atoms with Crippen molar-refractivity contribution in [3.8, 4) is 0 Å². The molecule has 0 spiro atoms. The van der Waals surface area contributed by atoms with Crippen molar-refractivity contribution in [1.29, 1.82) is 0 Å². The van der Waals surface area contributed by atoms with Crippen LogP contribution in [0, 0.1) is 11.7 Å². The summed E-state index contributed by atoms with van der Waals surface area (Å²) in [6.07, 6.45) is 4.94. The van der Waals surface area contributed by atoms with Crippen LogP contribution in [0.1, 0.15) is 51.0 Å². The van der Waals surface area contributed by atoms with Crippen LogP contribution in [-0.4, -0.2) is 85.6 Å². The third-order valence-corrected chi connectivity index (χ3v) is 8.21. The Morgan fingerprint density at radius 1 is 1.02 bits per heavy atom. The molecule has 1 aromatic carbocycles. The van der Waals surface area contributed by atoms with Crippen LogP contribution in [0.4, 0.5) is 4.39 Å². The van der Waals surface area contributed by atoms with E-state index < -0.39 is 52.7 Å². The van der Waals surface area contributed by atoms with Crippen molar-refractivity contribution < 1.29 is 37.8 Å². The maximum Gasteiger partial charge on any atom is 0.246 e. The minimum atomic E-state index is -0.990. The first-order valence-corrected chi connectivity index (χ1v) is 15.4. The third kappa shape index (κ3) is 12.1. The van der Waals surface area contributed by atoms with Crippen molar-refractivity contribution in [3.63, 3.8) is 0 Å². The van der Waals surface area contributed by atoms with Crippen LogP contribution >= 0.6 is 11.8 Å². The standard InChI is InChI=1S/C29H41FN4O7S/c1-19(35)32-25-18-42-29(39)23(10-9-21-7-4-8-22(30)15-21)34-28(38)24(16-20-5-2-3-6-20)33-26(36)17-41-14-13-40-12-11-31-27(25)37/h4,7-8,15,20,23-25H,2-3,5-6,9-14,16-18H2,1H3,(H,31,37)(H,32,35)(H,33,36)(H,34,38)/t23-,24-,25-/m0/s1. The number of ether oxygens (including phenoxy) is 2. The molecule has 4 N–H and O–H groups in total. The van der Waals surface area contributed by atoms with E-state index in [1.54, 1.807) is 12.1 Å². The molecule has 1 saturated carbocycles. The Hall–Kier alpha value is -3.03. The molecule has 1 saturated heterocycles. The zero-order chi connectivity index (χ0) is 30.3. The summed E-state index contributed by atoms with van der Waals surface area (Å²) < 4.78 is 24.6. The minimum absolute atomic E-state index is 0.0620. The molecule has 2 aliphatic rings. The maximum absolute atomic E-state index is 13.8. The summed E-state index contributed by atoms with van der Waals surface area (Å²) in [6.45, 7) is 1.71.